The molecule has 0 radical (unpaired) electrons. The molecule has 8 heteroatoms. The minimum atomic E-state index is -0.630. The summed E-state index contributed by atoms with van der Waals surface area (Å²) >= 11 is 1.52. The number of rotatable bonds is 2. The van der Waals surface area contributed by atoms with Crippen LogP contribution in [0.2, 0.25) is 0 Å². The smallest absolute Gasteiger partial charge is 0.305 e. The predicted octanol–water partition coefficient (Wildman–Crippen LogP) is 0.542. The van der Waals surface area contributed by atoms with Crippen molar-refractivity contribution in [2.75, 3.05) is 0 Å². The molecule has 3 heterocycles. The minimum Gasteiger partial charge on any atom is -0.305 e. The topological polar surface area (TPSA) is 101 Å². The van der Waals surface area contributed by atoms with Crippen molar-refractivity contribution in [3.05, 3.63) is 59.3 Å². The summed E-state index contributed by atoms with van der Waals surface area (Å²) in [7, 11) is 1.44. The second-order valence-electron chi connectivity index (χ2n) is 4.32. The monoisotopic (exact) mass is 302 g/mol. The average Bonchev–Trinajstić information content (AvgIpc) is 2.96. The van der Waals surface area contributed by atoms with Gasteiger partial charge in [0.25, 0.3) is 11.1 Å². The lowest BCUT2D eigenvalue weighted by Crippen LogP contribution is -2.31. The number of nitrogens with zero attached hydrogens (tertiary/aromatic N) is 2. The van der Waals surface area contributed by atoms with Gasteiger partial charge >= 0.3 is 5.69 Å². The molecular weight excluding hydrogens is 292 g/mol. The third-order valence-corrected chi connectivity index (χ3v) is 3.78. The van der Waals surface area contributed by atoms with E-state index in [1.54, 1.807) is 6.08 Å². The number of hydrogen-bond acceptors (Lipinski definition) is 5. The Kier molecular flexibility index (Phi) is 3.15. The van der Waals surface area contributed by atoms with Gasteiger partial charge in [-0.25, -0.2) is 9.78 Å². The van der Waals surface area contributed by atoms with Crippen molar-refractivity contribution >= 4 is 34.7 Å². The van der Waals surface area contributed by atoms with Crippen LogP contribution in [0.3, 0.4) is 0 Å². The maximum Gasteiger partial charge on any atom is 0.329 e. The summed E-state index contributed by atoms with van der Waals surface area (Å²) in [5.74, 6) is 0. The van der Waals surface area contributed by atoms with Crippen LogP contribution in [0.1, 0.15) is 10.6 Å². The number of H-pyrrole nitrogens is 2. The molecule has 7 nitrogen and oxygen atoms in total. The van der Waals surface area contributed by atoms with Crippen LogP contribution in [0.25, 0.3) is 23.3 Å². The maximum absolute atomic E-state index is 12.0. The summed E-state index contributed by atoms with van der Waals surface area (Å²) in [4.78, 5) is 44.9. The number of aromatic amines is 2. The van der Waals surface area contributed by atoms with E-state index in [-0.39, 0.29) is 16.9 Å². The zero-order valence-electron chi connectivity index (χ0n) is 10.9. The molecule has 0 unspecified atom stereocenters. The SMILES string of the molecule is Cn1c(=O)[nH]c(=O)c2nc(C=Cc3cccs3)c(=O)[nH]c21. The van der Waals surface area contributed by atoms with E-state index in [1.165, 1.54) is 24.5 Å². The Balaban J connectivity index is 2.22. The fourth-order valence-corrected chi connectivity index (χ4v) is 2.48. The molecule has 0 amide bonds. The Morgan fingerprint density at radius 1 is 1.19 bits per heavy atom. The van der Waals surface area contributed by atoms with Gasteiger partial charge < -0.3 is 4.98 Å². The number of fused-ring (bicyclic) bond motifs is 1. The average molecular weight is 302 g/mol. The molecule has 3 rings (SSSR count). The Morgan fingerprint density at radius 3 is 2.71 bits per heavy atom. The fourth-order valence-electron chi connectivity index (χ4n) is 1.86. The molecular formula is C13H10N4O3S. The summed E-state index contributed by atoms with van der Waals surface area (Å²) in [6.45, 7) is 0. The third kappa shape index (κ3) is 2.36. The highest BCUT2D eigenvalue weighted by Gasteiger charge is 2.09. The molecule has 0 fully saturated rings. The first-order valence-electron chi connectivity index (χ1n) is 6.01. The Morgan fingerprint density at radius 2 is 2.00 bits per heavy atom. The van der Waals surface area contributed by atoms with Crippen LogP contribution in [0.15, 0.2) is 31.9 Å². The van der Waals surface area contributed by atoms with Crippen molar-refractivity contribution in [3.63, 3.8) is 0 Å². The van der Waals surface area contributed by atoms with Crippen LogP contribution in [-0.4, -0.2) is 19.5 Å². The van der Waals surface area contributed by atoms with Crippen LogP contribution in [-0.2, 0) is 7.05 Å². The normalized spacial score (nSPS) is 11.5. The minimum absolute atomic E-state index is 0.0162. The molecule has 0 atom stereocenters. The van der Waals surface area contributed by atoms with Crippen LogP contribution in [0, 0.1) is 0 Å². The van der Waals surface area contributed by atoms with Gasteiger partial charge in [0.15, 0.2) is 5.52 Å². The number of nitrogens with one attached hydrogen (secondary N) is 2. The molecule has 0 spiro atoms. The predicted molar refractivity (Wildman–Crippen MR) is 81.5 cm³/mol. The lowest BCUT2D eigenvalue weighted by molar-refractivity contribution is 0.820. The van der Waals surface area contributed by atoms with Crippen molar-refractivity contribution in [3.8, 4) is 0 Å². The van der Waals surface area contributed by atoms with E-state index in [9.17, 15) is 14.4 Å². The van der Waals surface area contributed by atoms with Crippen LogP contribution in [0.5, 0.6) is 0 Å². The van der Waals surface area contributed by atoms with Crippen molar-refractivity contribution in [1.29, 1.82) is 0 Å². The number of aryl methyl sites for hydroxylation is 1. The maximum atomic E-state index is 12.0. The van der Waals surface area contributed by atoms with Gasteiger partial charge in [0.1, 0.15) is 11.3 Å². The van der Waals surface area contributed by atoms with E-state index < -0.39 is 16.8 Å². The van der Waals surface area contributed by atoms with E-state index in [0.29, 0.717) is 0 Å². The number of aromatic nitrogens is 4. The molecule has 0 aliphatic rings. The lowest BCUT2D eigenvalue weighted by atomic mass is 10.3. The van der Waals surface area contributed by atoms with E-state index in [4.69, 9.17) is 0 Å². The highest BCUT2D eigenvalue weighted by Crippen LogP contribution is 2.11. The summed E-state index contributed by atoms with van der Waals surface area (Å²) in [6.07, 6.45) is 3.28. The van der Waals surface area contributed by atoms with Crippen molar-refractivity contribution in [2.45, 2.75) is 0 Å². The van der Waals surface area contributed by atoms with E-state index in [0.717, 1.165) is 9.44 Å². The van der Waals surface area contributed by atoms with Crippen LogP contribution in [0.4, 0.5) is 0 Å². The number of hydrogen-bond donors (Lipinski definition) is 2. The van der Waals surface area contributed by atoms with Gasteiger partial charge in [0, 0.05) is 11.9 Å². The van der Waals surface area contributed by atoms with E-state index >= 15 is 0 Å². The molecule has 0 aliphatic carbocycles. The summed E-state index contributed by atoms with van der Waals surface area (Å²) in [6, 6.07) is 3.79. The van der Waals surface area contributed by atoms with Gasteiger partial charge in [-0.3, -0.25) is 19.1 Å². The lowest BCUT2D eigenvalue weighted by Gasteiger charge is -2.02. The van der Waals surface area contributed by atoms with Crippen LogP contribution >= 0.6 is 11.3 Å². The second-order valence-corrected chi connectivity index (χ2v) is 5.29. The highest BCUT2D eigenvalue weighted by molar-refractivity contribution is 7.10. The quantitative estimate of drug-likeness (QED) is 0.721. The zero-order valence-corrected chi connectivity index (χ0v) is 11.7. The van der Waals surface area contributed by atoms with Gasteiger partial charge in [-0.1, -0.05) is 6.07 Å². The van der Waals surface area contributed by atoms with Crippen molar-refractivity contribution in [1.82, 2.24) is 19.5 Å². The summed E-state index contributed by atoms with van der Waals surface area (Å²) in [5, 5.41) is 1.91. The molecule has 0 aliphatic heterocycles. The molecule has 3 aromatic rings. The Hall–Kier alpha value is -2.74. The van der Waals surface area contributed by atoms with Gasteiger partial charge in [-0.2, -0.15) is 0 Å². The van der Waals surface area contributed by atoms with E-state index in [2.05, 4.69) is 15.0 Å². The molecule has 0 aromatic carbocycles. The molecule has 0 saturated carbocycles. The fraction of sp³-hybridized carbons (Fsp3) is 0.0769. The molecule has 106 valence electrons. The van der Waals surface area contributed by atoms with Crippen molar-refractivity contribution in [2.24, 2.45) is 7.05 Å². The summed E-state index contributed by atoms with van der Waals surface area (Å²) in [5.41, 5.74) is -1.47. The Bertz CT molecular complexity index is 1010. The Labute approximate surface area is 121 Å². The number of thiophene rings is 1. The second kappa shape index (κ2) is 4.98. The standard InChI is InChI=1S/C13H10N4O3S/c1-17-10-9(12(19)16-13(17)20)14-8(11(18)15-10)5-4-7-3-2-6-21-7/h2-6H,1H3,(H,15,18)(H,16,19,20). The zero-order chi connectivity index (χ0) is 15.0. The van der Waals surface area contributed by atoms with Crippen LogP contribution < -0.4 is 16.8 Å². The molecule has 0 saturated heterocycles. The van der Waals surface area contributed by atoms with Gasteiger partial charge in [0.05, 0.1) is 0 Å². The molecule has 2 N–H and O–H groups in total. The molecule has 3 aromatic heterocycles. The first-order valence-corrected chi connectivity index (χ1v) is 6.89. The van der Waals surface area contributed by atoms with Gasteiger partial charge in [-0.15, -0.1) is 11.3 Å². The van der Waals surface area contributed by atoms with Gasteiger partial charge in [0.2, 0.25) is 0 Å². The first-order chi connectivity index (χ1) is 10.1. The molecule has 0 bridgehead atoms. The molecule has 21 heavy (non-hydrogen) atoms. The summed E-state index contributed by atoms with van der Waals surface area (Å²) < 4.78 is 1.14. The van der Waals surface area contributed by atoms with Gasteiger partial charge in [-0.05, 0) is 23.6 Å². The first kappa shape index (κ1) is 13.3. The van der Waals surface area contributed by atoms with Crippen molar-refractivity contribution < 1.29 is 0 Å². The van der Waals surface area contributed by atoms with E-state index in [1.807, 2.05) is 17.5 Å². The largest absolute Gasteiger partial charge is 0.329 e. The highest BCUT2D eigenvalue weighted by atomic mass is 32.1. The third-order valence-electron chi connectivity index (χ3n) is 2.95.